The van der Waals surface area contributed by atoms with E-state index in [-0.39, 0.29) is 12.7 Å². The number of carbonyl (C=O) groups excluding carboxylic acids is 1. The predicted molar refractivity (Wildman–Crippen MR) is 104 cm³/mol. The predicted octanol–water partition coefficient (Wildman–Crippen LogP) is 3.98. The summed E-state index contributed by atoms with van der Waals surface area (Å²) in [6.07, 6.45) is -0.0826. The maximum absolute atomic E-state index is 12.3. The molecule has 1 fully saturated rings. The van der Waals surface area contributed by atoms with E-state index in [0.717, 1.165) is 30.2 Å². The Labute approximate surface area is 162 Å². The number of ether oxygens (including phenoxy) is 2. The summed E-state index contributed by atoms with van der Waals surface area (Å²) in [5, 5.41) is 3.16. The zero-order chi connectivity index (χ0) is 18.5. The van der Waals surface area contributed by atoms with Crippen LogP contribution in [-0.4, -0.2) is 54.8 Å². The lowest BCUT2D eigenvalue weighted by Gasteiger charge is -2.33. The molecule has 5 nitrogen and oxygen atoms in total. The van der Waals surface area contributed by atoms with E-state index in [1.165, 1.54) is 11.3 Å². The van der Waals surface area contributed by atoms with Crippen LogP contribution in [0, 0.1) is 5.92 Å². The monoisotopic (exact) mass is 394 g/mol. The highest BCUT2D eigenvalue weighted by atomic mass is 35.5. The van der Waals surface area contributed by atoms with Gasteiger partial charge in [0, 0.05) is 35.6 Å². The Balaban J connectivity index is 1.53. The first-order valence-corrected chi connectivity index (χ1v) is 9.99. The minimum atomic E-state index is -0.411. The summed E-state index contributed by atoms with van der Waals surface area (Å²) in [7, 11) is 0. The lowest BCUT2D eigenvalue weighted by molar-refractivity contribution is -0.0613. The molecule has 1 aliphatic heterocycles. The summed E-state index contributed by atoms with van der Waals surface area (Å²) < 4.78 is 11.1. The number of halogens is 1. The first-order valence-electron chi connectivity index (χ1n) is 8.74. The Hall–Kier alpha value is -1.47. The van der Waals surface area contributed by atoms with Crippen LogP contribution < -0.4 is 0 Å². The van der Waals surface area contributed by atoms with Gasteiger partial charge in [0.25, 0.3) is 0 Å². The average molecular weight is 395 g/mol. The van der Waals surface area contributed by atoms with E-state index in [4.69, 9.17) is 21.1 Å². The summed E-state index contributed by atoms with van der Waals surface area (Å²) >= 11 is 7.31. The van der Waals surface area contributed by atoms with E-state index < -0.39 is 5.97 Å². The molecule has 0 saturated carbocycles. The molecule has 3 rings (SSSR count). The van der Waals surface area contributed by atoms with Gasteiger partial charge in [0.15, 0.2) is 5.69 Å². The highest BCUT2D eigenvalue weighted by molar-refractivity contribution is 7.13. The Kier molecular flexibility index (Phi) is 6.64. The van der Waals surface area contributed by atoms with Crippen molar-refractivity contribution in [1.82, 2.24) is 9.88 Å². The van der Waals surface area contributed by atoms with Crippen molar-refractivity contribution in [1.29, 1.82) is 0 Å². The fourth-order valence-electron chi connectivity index (χ4n) is 2.90. The van der Waals surface area contributed by atoms with Crippen LogP contribution in [0.15, 0.2) is 29.6 Å². The van der Waals surface area contributed by atoms with Crippen LogP contribution in [0.2, 0.25) is 5.02 Å². The number of esters is 1. The summed E-state index contributed by atoms with van der Waals surface area (Å²) in [5.74, 6) is 0.198. The van der Waals surface area contributed by atoms with Gasteiger partial charge in [-0.05, 0) is 18.1 Å². The average Bonchev–Trinajstić information content (AvgIpc) is 3.10. The maximum atomic E-state index is 12.3. The number of hydrogen-bond acceptors (Lipinski definition) is 6. The number of rotatable bonds is 6. The smallest absolute Gasteiger partial charge is 0.357 e. The normalized spacial score (nSPS) is 18.2. The minimum Gasteiger partial charge on any atom is -0.458 e. The van der Waals surface area contributed by atoms with Crippen molar-refractivity contribution >= 4 is 28.9 Å². The third kappa shape index (κ3) is 5.27. The van der Waals surface area contributed by atoms with Crippen LogP contribution in [0.4, 0.5) is 0 Å². The van der Waals surface area contributed by atoms with Crippen molar-refractivity contribution in [2.24, 2.45) is 5.92 Å². The van der Waals surface area contributed by atoms with Crippen molar-refractivity contribution in [3.63, 3.8) is 0 Å². The summed E-state index contributed by atoms with van der Waals surface area (Å²) in [6, 6.07) is 7.38. The Morgan fingerprint density at radius 1 is 1.42 bits per heavy atom. The molecule has 7 heteroatoms. The van der Waals surface area contributed by atoms with Crippen molar-refractivity contribution in [2.75, 3.05) is 32.8 Å². The third-order valence-electron chi connectivity index (χ3n) is 4.05. The topological polar surface area (TPSA) is 51.7 Å². The highest BCUT2D eigenvalue weighted by Crippen LogP contribution is 2.25. The first kappa shape index (κ1) is 19.3. The molecule has 1 aromatic carbocycles. The second-order valence-electron chi connectivity index (χ2n) is 6.79. The zero-order valence-corrected chi connectivity index (χ0v) is 16.6. The van der Waals surface area contributed by atoms with Gasteiger partial charge in [-0.1, -0.05) is 37.6 Å². The van der Waals surface area contributed by atoms with Gasteiger partial charge in [0.2, 0.25) is 0 Å². The fraction of sp³-hybridized carbons (Fsp3) is 0.474. The lowest BCUT2D eigenvalue weighted by atomic mass is 10.2. The first-order chi connectivity index (χ1) is 12.5. The number of carbonyl (C=O) groups is 1. The zero-order valence-electron chi connectivity index (χ0n) is 15.0. The summed E-state index contributed by atoms with van der Waals surface area (Å²) in [6.45, 7) is 8.08. The van der Waals surface area contributed by atoms with E-state index in [0.29, 0.717) is 23.2 Å². The fourth-order valence-corrected chi connectivity index (χ4v) is 3.82. The maximum Gasteiger partial charge on any atom is 0.357 e. The molecule has 1 saturated heterocycles. The van der Waals surface area contributed by atoms with Gasteiger partial charge in [-0.15, -0.1) is 11.3 Å². The van der Waals surface area contributed by atoms with Gasteiger partial charge >= 0.3 is 5.97 Å². The molecular weight excluding hydrogens is 372 g/mol. The van der Waals surface area contributed by atoms with Crippen molar-refractivity contribution in [3.8, 4) is 10.6 Å². The molecule has 1 aliphatic rings. The Bertz CT molecular complexity index is 733. The summed E-state index contributed by atoms with van der Waals surface area (Å²) in [4.78, 5) is 19.0. The van der Waals surface area contributed by atoms with Crippen molar-refractivity contribution < 1.29 is 14.3 Å². The number of thiazole rings is 1. The number of morpholine rings is 1. The molecule has 0 radical (unpaired) electrons. The minimum absolute atomic E-state index is 0.0826. The quantitative estimate of drug-likeness (QED) is 0.693. The van der Waals surface area contributed by atoms with Crippen LogP contribution in [0.5, 0.6) is 0 Å². The van der Waals surface area contributed by atoms with E-state index in [1.807, 2.05) is 12.1 Å². The molecule has 0 amide bonds. The molecular formula is C19H23ClN2O3S. The van der Waals surface area contributed by atoms with E-state index in [1.54, 1.807) is 17.5 Å². The van der Waals surface area contributed by atoms with Crippen molar-refractivity contribution in [2.45, 2.75) is 20.0 Å². The van der Waals surface area contributed by atoms with Gasteiger partial charge in [0.05, 0.1) is 6.61 Å². The van der Waals surface area contributed by atoms with Gasteiger partial charge in [0.1, 0.15) is 17.7 Å². The Morgan fingerprint density at radius 2 is 2.19 bits per heavy atom. The summed E-state index contributed by atoms with van der Waals surface area (Å²) in [5.41, 5.74) is 1.26. The van der Waals surface area contributed by atoms with Gasteiger partial charge in [-0.2, -0.15) is 0 Å². The van der Waals surface area contributed by atoms with Crippen molar-refractivity contribution in [3.05, 3.63) is 40.4 Å². The van der Waals surface area contributed by atoms with E-state index in [9.17, 15) is 4.79 Å². The standard InChI is InChI=1S/C19H23ClN2O3S/c1-13(2)9-22-7-8-24-16(10-22)11-25-19(23)17-12-26-18(21-17)14-3-5-15(20)6-4-14/h3-6,12-13,16H,7-11H2,1-2H3. The number of nitrogens with zero attached hydrogens (tertiary/aromatic N) is 2. The lowest BCUT2D eigenvalue weighted by Crippen LogP contribution is -2.45. The molecule has 0 aliphatic carbocycles. The van der Waals surface area contributed by atoms with Crippen LogP contribution in [0.25, 0.3) is 10.6 Å². The van der Waals surface area contributed by atoms with Gasteiger partial charge in [-0.3, -0.25) is 4.90 Å². The van der Waals surface area contributed by atoms with E-state index >= 15 is 0 Å². The number of aromatic nitrogens is 1. The highest BCUT2D eigenvalue weighted by Gasteiger charge is 2.23. The van der Waals surface area contributed by atoms with E-state index in [2.05, 4.69) is 23.7 Å². The van der Waals surface area contributed by atoms with Crippen LogP contribution in [-0.2, 0) is 9.47 Å². The van der Waals surface area contributed by atoms with Gasteiger partial charge in [-0.25, -0.2) is 9.78 Å². The number of hydrogen-bond donors (Lipinski definition) is 0. The molecule has 140 valence electrons. The largest absolute Gasteiger partial charge is 0.458 e. The molecule has 0 N–H and O–H groups in total. The molecule has 1 atom stereocenters. The number of benzene rings is 1. The second kappa shape index (κ2) is 8.95. The molecule has 1 unspecified atom stereocenters. The van der Waals surface area contributed by atoms with Crippen LogP contribution >= 0.6 is 22.9 Å². The molecule has 26 heavy (non-hydrogen) atoms. The molecule has 2 heterocycles. The van der Waals surface area contributed by atoms with Crippen LogP contribution in [0.3, 0.4) is 0 Å². The van der Waals surface area contributed by atoms with Crippen LogP contribution in [0.1, 0.15) is 24.3 Å². The van der Waals surface area contributed by atoms with Gasteiger partial charge < -0.3 is 9.47 Å². The SMILES string of the molecule is CC(C)CN1CCOC(COC(=O)c2csc(-c3ccc(Cl)cc3)n2)C1. The molecule has 1 aromatic heterocycles. The third-order valence-corrected chi connectivity index (χ3v) is 5.19. The molecule has 0 bridgehead atoms. The molecule has 0 spiro atoms. The Morgan fingerprint density at radius 3 is 2.92 bits per heavy atom. The second-order valence-corrected chi connectivity index (χ2v) is 8.08. The molecule has 2 aromatic rings.